The van der Waals surface area contributed by atoms with Crippen LogP contribution in [0.15, 0.2) is 66.9 Å². The van der Waals surface area contributed by atoms with E-state index < -0.39 is 5.97 Å². The first-order valence-electron chi connectivity index (χ1n) is 11.0. The minimum Gasteiger partial charge on any atom is -0.477 e. The molecule has 2 aromatic heterocycles. The van der Waals surface area contributed by atoms with Gasteiger partial charge in [-0.25, -0.2) is 9.78 Å². The van der Waals surface area contributed by atoms with Gasteiger partial charge >= 0.3 is 5.97 Å². The molecule has 8 nitrogen and oxygen atoms in total. The zero-order valence-electron chi connectivity index (χ0n) is 18.2. The van der Waals surface area contributed by atoms with Crippen molar-refractivity contribution in [3.05, 3.63) is 88.7 Å². The number of likely N-dealkylation sites (tertiary alicyclic amines) is 1. The van der Waals surface area contributed by atoms with Crippen LogP contribution in [-0.2, 0) is 0 Å². The van der Waals surface area contributed by atoms with Crippen LogP contribution in [0.25, 0.3) is 5.65 Å². The van der Waals surface area contributed by atoms with Gasteiger partial charge in [-0.1, -0.05) is 54.1 Å². The minimum absolute atomic E-state index is 0.0837. The molecule has 1 fully saturated rings. The van der Waals surface area contributed by atoms with E-state index in [-0.39, 0.29) is 22.8 Å². The van der Waals surface area contributed by atoms with Crippen LogP contribution in [0.5, 0.6) is 0 Å². The van der Waals surface area contributed by atoms with E-state index in [1.165, 1.54) is 16.3 Å². The summed E-state index contributed by atoms with van der Waals surface area (Å²) in [5.41, 5.74) is 2.05. The second-order valence-corrected chi connectivity index (χ2v) is 8.61. The second-order valence-electron chi connectivity index (χ2n) is 8.21. The van der Waals surface area contributed by atoms with E-state index in [4.69, 9.17) is 11.6 Å². The number of carbonyl (C=O) groups is 2. The molecule has 0 spiro atoms. The second kappa shape index (κ2) is 9.15. The van der Waals surface area contributed by atoms with E-state index >= 15 is 0 Å². The fourth-order valence-electron chi connectivity index (χ4n) is 4.32. The Kier molecular flexibility index (Phi) is 5.90. The zero-order chi connectivity index (χ0) is 23.7. The Bertz CT molecular complexity index is 1360. The maximum Gasteiger partial charge on any atom is 0.341 e. The number of nitrogens with zero attached hydrogens (tertiary/aromatic N) is 4. The minimum atomic E-state index is -1.17. The van der Waals surface area contributed by atoms with Gasteiger partial charge in [-0.2, -0.15) is 9.61 Å². The molecule has 4 aromatic rings. The van der Waals surface area contributed by atoms with E-state index in [1.54, 1.807) is 29.2 Å². The van der Waals surface area contributed by atoms with Crippen LogP contribution in [0.3, 0.4) is 0 Å². The van der Waals surface area contributed by atoms with Gasteiger partial charge in [0.1, 0.15) is 17.1 Å². The smallest absolute Gasteiger partial charge is 0.341 e. The number of aromatic carboxylic acids is 1. The molecule has 1 aliphatic rings. The SMILES string of the molecule is O=C(O)c1cnn2c(Nc3ccccc3Cl)cc(C(=O)N3CCC(c4ccccc4)CC3)nc12. The highest BCUT2D eigenvalue weighted by Gasteiger charge is 2.27. The maximum absolute atomic E-state index is 13.4. The number of fused-ring (bicyclic) bond motifs is 1. The number of benzene rings is 2. The molecule has 1 amide bonds. The molecule has 0 atom stereocenters. The lowest BCUT2D eigenvalue weighted by Crippen LogP contribution is -2.38. The summed E-state index contributed by atoms with van der Waals surface area (Å²) in [5, 5.41) is 17.4. The number of piperidine rings is 1. The molecule has 172 valence electrons. The van der Waals surface area contributed by atoms with Crippen molar-refractivity contribution in [3.8, 4) is 0 Å². The first-order chi connectivity index (χ1) is 16.5. The number of hydrogen-bond donors (Lipinski definition) is 2. The predicted octanol–water partition coefficient (Wildman–Crippen LogP) is 4.84. The van der Waals surface area contributed by atoms with Crippen molar-refractivity contribution in [2.24, 2.45) is 0 Å². The Balaban J connectivity index is 1.45. The lowest BCUT2D eigenvalue weighted by molar-refractivity contribution is 0.0690. The molecule has 1 aliphatic heterocycles. The highest BCUT2D eigenvalue weighted by atomic mass is 35.5. The summed E-state index contributed by atoms with van der Waals surface area (Å²) in [6.45, 7) is 1.20. The van der Waals surface area contributed by atoms with Crippen molar-refractivity contribution in [3.63, 3.8) is 0 Å². The van der Waals surface area contributed by atoms with E-state index in [0.29, 0.717) is 35.5 Å². The van der Waals surface area contributed by atoms with Crippen LogP contribution in [0, 0.1) is 0 Å². The van der Waals surface area contributed by atoms with Gasteiger partial charge in [0.25, 0.3) is 5.91 Å². The highest BCUT2D eigenvalue weighted by molar-refractivity contribution is 6.33. The molecule has 0 radical (unpaired) electrons. The molecule has 2 N–H and O–H groups in total. The Hall–Kier alpha value is -3.91. The van der Waals surface area contributed by atoms with Gasteiger partial charge in [0.15, 0.2) is 5.65 Å². The van der Waals surface area contributed by atoms with Gasteiger partial charge < -0.3 is 15.3 Å². The van der Waals surface area contributed by atoms with Crippen molar-refractivity contribution in [2.45, 2.75) is 18.8 Å². The summed E-state index contributed by atoms with van der Waals surface area (Å²) in [4.78, 5) is 31.3. The summed E-state index contributed by atoms with van der Waals surface area (Å²) in [5.74, 6) is -0.604. The van der Waals surface area contributed by atoms with Crippen molar-refractivity contribution in [1.82, 2.24) is 19.5 Å². The number of carbonyl (C=O) groups excluding carboxylic acids is 1. The normalized spacial score (nSPS) is 14.3. The number of carboxylic acid groups (broad SMARTS) is 1. The van der Waals surface area contributed by atoms with Gasteiger partial charge in [0, 0.05) is 19.2 Å². The molecular weight excluding hydrogens is 454 g/mol. The fraction of sp³-hybridized carbons (Fsp3) is 0.200. The summed E-state index contributed by atoms with van der Waals surface area (Å²) in [7, 11) is 0. The molecule has 0 unspecified atom stereocenters. The molecule has 2 aromatic carbocycles. The van der Waals surface area contributed by atoms with Crippen LogP contribution in [0.2, 0.25) is 5.02 Å². The molecule has 3 heterocycles. The molecular formula is C25H22ClN5O3. The van der Waals surface area contributed by atoms with Crippen LogP contribution in [0.1, 0.15) is 45.2 Å². The largest absolute Gasteiger partial charge is 0.477 e. The lowest BCUT2D eigenvalue weighted by Gasteiger charge is -2.32. The average molecular weight is 476 g/mol. The molecule has 0 bridgehead atoms. The van der Waals surface area contributed by atoms with Gasteiger partial charge in [0.05, 0.1) is 16.9 Å². The first-order valence-corrected chi connectivity index (χ1v) is 11.4. The Labute approximate surface area is 200 Å². The molecule has 0 saturated carbocycles. The van der Waals surface area contributed by atoms with Gasteiger partial charge in [-0.3, -0.25) is 4.79 Å². The molecule has 9 heteroatoms. The third-order valence-corrected chi connectivity index (χ3v) is 6.44. The Morgan fingerprint density at radius 1 is 1.03 bits per heavy atom. The van der Waals surface area contributed by atoms with Crippen molar-refractivity contribution < 1.29 is 14.7 Å². The molecule has 0 aliphatic carbocycles. The number of anilines is 2. The average Bonchev–Trinajstić information content (AvgIpc) is 3.30. The number of carboxylic acids is 1. The monoisotopic (exact) mass is 475 g/mol. The summed E-state index contributed by atoms with van der Waals surface area (Å²) in [6.07, 6.45) is 2.94. The van der Waals surface area contributed by atoms with Crippen LogP contribution in [-0.4, -0.2) is 49.6 Å². The van der Waals surface area contributed by atoms with E-state index in [1.807, 2.05) is 24.3 Å². The number of halogens is 1. The van der Waals surface area contributed by atoms with E-state index in [0.717, 1.165) is 12.8 Å². The first kappa shape index (κ1) is 21.9. The fourth-order valence-corrected chi connectivity index (χ4v) is 4.50. The number of nitrogens with one attached hydrogen (secondary N) is 1. The van der Waals surface area contributed by atoms with Gasteiger partial charge in [0.2, 0.25) is 0 Å². The van der Waals surface area contributed by atoms with Crippen molar-refractivity contribution in [2.75, 3.05) is 18.4 Å². The number of para-hydroxylation sites is 1. The van der Waals surface area contributed by atoms with E-state index in [2.05, 4.69) is 27.5 Å². The number of amides is 1. The Morgan fingerprint density at radius 2 is 1.74 bits per heavy atom. The van der Waals surface area contributed by atoms with Crippen LogP contribution < -0.4 is 5.32 Å². The van der Waals surface area contributed by atoms with Crippen molar-refractivity contribution in [1.29, 1.82) is 0 Å². The number of rotatable bonds is 5. The standard InChI is InChI=1S/C25H22ClN5O3/c26-19-8-4-5-9-20(19)28-22-14-21(29-23-18(25(33)34)15-27-31(22)23)24(32)30-12-10-17(11-13-30)16-6-2-1-3-7-16/h1-9,14-15,17,28H,10-13H2,(H,33,34). The quantitative estimate of drug-likeness (QED) is 0.428. The predicted molar refractivity (Wildman–Crippen MR) is 129 cm³/mol. The topological polar surface area (TPSA) is 99.8 Å². The summed E-state index contributed by atoms with van der Waals surface area (Å²) >= 11 is 6.29. The van der Waals surface area contributed by atoms with Gasteiger partial charge in [-0.15, -0.1) is 0 Å². The van der Waals surface area contributed by atoms with Crippen LogP contribution in [0.4, 0.5) is 11.5 Å². The highest BCUT2D eigenvalue weighted by Crippen LogP contribution is 2.30. The zero-order valence-corrected chi connectivity index (χ0v) is 18.9. The third kappa shape index (κ3) is 4.20. The summed E-state index contributed by atoms with van der Waals surface area (Å²) in [6, 6.07) is 19.0. The maximum atomic E-state index is 13.4. The Morgan fingerprint density at radius 3 is 2.44 bits per heavy atom. The third-order valence-electron chi connectivity index (χ3n) is 6.11. The van der Waals surface area contributed by atoms with Crippen LogP contribution >= 0.6 is 11.6 Å². The summed E-state index contributed by atoms with van der Waals surface area (Å²) < 4.78 is 1.37. The molecule has 34 heavy (non-hydrogen) atoms. The number of hydrogen-bond acceptors (Lipinski definition) is 5. The molecule has 5 rings (SSSR count). The van der Waals surface area contributed by atoms with E-state index in [9.17, 15) is 14.7 Å². The van der Waals surface area contributed by atoms with Gasteiger partial charge in [-0.05, 0) is 36.5 Å². The lowest BCUT2D eigenvalue weighted by atomic mass is 9.89. The molecule has 1 saturated heterocycles. The number of aromatic nitrogens is 3. The van der Waals surface area contributed by atoms with Crippen molar-refractivity contribution >= 4 is 40.6 Å².